The first-order valence-corrected chi connectivity index (χ1v) is 10.9. The molecule has 2 N–H and O–H groups in total. The lowest BCUT2D eigenvalue weighted by Crippen LogP contribution is -2.34. The molecule has 9 heteroatoms. The van der Waals surface area contributed by atoms with Crippen LogP contribution in [0.4, 0.5) is 0 Å². The number of carbonyl (C=O) groups is 3. The van der Waals surface area contributed by atoms with E-state index in [-0.39, 0.29) is 28.2 Å². The van der Waals surface area contributed by atoms with E-state index in [0.29, 0.717) is 5.56 Å². The summed E-state index contributed by atoms with van der Waals surface area (Å²) >= 11 is 0. The average Bonchev–Trinajstić information content (AvgIpc) is 2.79. The summed E-state index contributed by atoms with van der Waals surface area (Å²) in [5.74, 6) is -4.01. The van der Waals surface area contributed by atoms with Crippen molar-refractivity contribution in [2.75, 3.05) is 0 Å². The normalized spacial score (nSPS) is 11.9. The molecule has 0 bridgehead atoms. The zero-order valence-corrected chi connectivity index (χ0v) is 17.7. The number of carboxylic acids is 1. The van der Waals surface area contributed by atoms with Crippen LogP contribution in [0, 0.1) is 0 Å². The summed E-state index contributed by atoms with van der Waals surface area (Å²) < 4.78 is 31.6. The molecule has 3 rings (SSSR count). The number of benzene rings is 3. The number of hydrogen-bond acceptors (Lipinski definition) is 6. The molecule has 1 atom stereocenters. The van der Waals surface area contributed by atoms with Crippen molar-refractivity contribution in [2.45, 2.75) is 12.8 Å². The average molecular weight is 453 g/mol. The number of nitrogens with one attached hydrogen (secondary N) is 1. The zero-order chi connectivity index (χ0) is 23.3. The molecule has 0 fully saturated rings. The van der Waals surface area contributed by atoms with E-state index < -0.39 is 28.1 Å². The first-order valence-electron chi connectivity index (χ1n) is 9.46. The Morgan fingerprint density at radius 1 is 0.844 bits per heavy atom. The molecule has 0 saturated heterocycles. The lowest BCUT2D eigenvalue weighted by Gasteiger charge is -2.15. The molecule has 164 valence electrons. The molecule has 1 amide bonds. The van der Waals surface area contributed by atoms with Crippen LogP contribution in [0.5, 0.6) is 5.75 Å². The fraction of sp³-hybridized carbons (Fsp3) is 0.0870. The number of amides is 1. The van der Waals surface area contributed by atoms with Gasteiger partial charge in [-0.05, 0) is 37.3 Å². The second-order valence-corrected chi connectivity index (χ2v) is 8.12. The topological polar surface area (TPSA) is 127 Å². The molecule has 1 unspecified atom stereocenters. The fourth-order valence-electron chi connectivity index (χ4n) is 2.89. The minimum Gasteiger partial charge on any atom is -0.481 e. The second kappa shape index (κ2) is 9.44. The lowest BCUT2D eigenvalue weighted by molar-refractivity contribution is -0.138. The van der Waals surface area contributed by atoms with Crippen LogP contribution >= 0.6 is 0 Å². The molecular weight excluding hydrogens is 434 g/mol. The maximum Gasteiger partial charge on any atom is 0.409 e. The van der Waals surface area contributed by atoms with Gasteiger partial charge in [0, 0.05) is 22.3 Å². The van der Waals surface area contributed by atoms with E-state index in [4.69, 9.17) is 4.18 Å². The van der Waals surface area contributed by atoms with E-state index in [1.165, 1.54) is 37.3 Å². The number of carboxylic acid groups (broad SMARTS) is 1. The Bertz CT molecular complexity index is 1260. The molecule has 32 heavy (non-hydrogen) atoms. The Morgan fingerprint density at radius 3 is 1.97 bits per heavy atom. The van der Waals surface area contributed by atoms with Crippen molar-refractivity contribution in [1.29, 1.82) is 0 Å². The third-order valence-corrected chi connectivity index (χ3v) is 5.43. The van der Waals surface area contributed by atoms with Gasteiger partial charge in [0.15, 0.2) is 5.78 Å². The van der Waals surface area contributed by atoms with E-state index >= 15 is 0 Å². The van der Waals surface area contributed by atoms with Gasteiger partial charge in [-0.2, -0.15) is 8.42 Å². The predicted molar refractivity (Wildman–Crippen MR) is 116 cm³/mol. The maximum absolute atomic E-state index is 12.7. The van der Waals surface area contributed by atoms with E-state index in [1.54, 1.807) is 53.3 Å². The van der Waals surface area contributed by atoms with Crippen LogP contribution in [0.15, 0.2) is 78.9 Å². The molecule has 0 aliphatic rings. The maximum atomic E-state index is 12.7. The van der Waals surface area contributed by atoms with Gasteiger partial charge < -0.3 is 9.29 Å². The molecule has 0 aliphatic carbocycles. The van der Waals surface area contributed by atoms with Crippen LogP contribution in [0.3, 0.4) is 0 Å². The van der Waals surface area contributed by atoms with Crippen molar-refractivity contribution in [3.05, 3.63) is 101 Å². The van der Waals surface area contributed by atoms with Gasteiger partial charge in [0.1, 0.15) is 5.75 Å². The highest BCUT2D eigenvalue weighted by Gasteiger charge is 2.25. The first-order chi connectivity index (χ1) is 15.2. The van der Waals surface area contributed by atoms with Crippen LogP contribution in [0.2, 0.25) is 0 Å². The van der Waals surface area contributed by atoms with Gasteiger partial charge in [0.2, 0.25) is 0 Å². The van der Waals surface area contributed by atoms with Crippen molar-refractivity contribution in [2.24, 2.45) is 0 Å². The molecule has 0 spiro atoms. The van der Waals surface area contributed by atoms with Gasteiger partial charge in [-0.15, -0.1) is 0 Å². The molecule has 3 aromatic carbocycles. The van der Waals surface area contributed by atoms with Gasteiger partial charge in [-0.1, -0.05) is 48.5 Å². The largest absolute Gasteiger partial charge is 0.481 e. The summed E-state index contributed by atoms with van der Waals surface area (Å²) in [6.45, 7) is 1.33. The smallest absolute Gasteiger partial charge is 0.409 e. The number of ketones is 1. The molecule has 8 nitrogen and oxygen atoms in total. The Labute approximate surface area is 184 Å². The van der Waals surface area contributed by atoms with E-state index in [2.05, 4.69) is 0 Å². The summed E-state index contributed by atoms with van der Waals surface area (Å²) in [6, 6.07) is 19.8. The Morgan fingerprint density at radius 2 is 1.41 bits per heavy atom. The Hall–Kier alpha value is -3.98. The van der Waals surface area contributed by atoms with E-state index in [0.717, 1.165) is 0 Å². The summed E-state index contributed by atoms with van der Waals surface area (Å²) in [4.78, 5) is 36.5. The first kappa shape index (κ1) is 22.7. The van der Waals surface area contributed by atoms with Crippen molar-refractivity contribution in [3.63, 3.8) is 0 Å². The molecule has 0 aromatic heterocycles. The van der Waals surface area contributed by atoms with Crippen LogP contribution < -0.4 is 8.91 Å². The number of hydrogen-bond donors (Lipinski definition) is 2. The van der Waals surface area contributed by atoms with Gasteiger partial charge in [-0.25, -0.2) is 4.72 Å². The van der Waals surface area contributed by atoms with Crippen LogP contribution in [-0.4, -0.2) is 31.2 Å². The van der Waals surface area contributed by atoms with Crippen LogP contribution in [0.25, 0.3) is 0 Å². The third-order valence-electron chi connectivity index (χ3n) is 4.60. The minimum absolute atomic E-state index is 0.0307. The molecular formula is C23H19NO7S. The highest BCUT2D eigenvalue weighted by Crippen LogP contribution is 2.30. The highest BCUT2D eigenvalue weighted by molar-refractivity contribution is 7.85. The second-order valence-electron chi connectivity index (χ2n) is 6.84. The molecule has 0 heterocycles. The molecule has 3 aromatic rings. The summed E-state index contributed by atoms with van der Waals surface area (Å²) in [7, 11) is -4.63. The van der Waals surface area contributed by atoms with Crippen LogP contribution in [0.1, 0.15) is 44.7 Å². The summed E-state index contributed by atoms with van der Waals surface area (Å²) in [5.41, 5.74) is 0.620. The summed E-state index contributed by atoms with van der Waals surface area (Å²) in [5, 5.41) is 9.44. The molecule has 0 aliphatic heterocycles. The standard InChI is InChI=1S/C23H19NO7S/c1-15(23(27)28)19-14-18(21(25)16-8-4-2-5-9-16)12-13-20(19)31-32(29,30)24-22(26)17-10-6-3-7-11-17/h2-15H,1H3,(H,24,26)(H,27,28). The quantitative estimate of drug-likeness (QED) is 0.502. The van der Waals surface area contributed by atoms with Gasteiger partial charge in [0.25, 0.3) is 5.91 Å². The van der Waals surface area contributed by atoms with Crippen LogP contribution in [-0.2, 0) is 15.1 Å². The fourth-order valence-corrected chi connectivity index (χ4v) is 3.67. The lowest BCUT2D eigenvalue weighted by atomic mass is 9.95. The summed E-state index contributed by atoms with van der Waals surface area (Å²) in [6.07, 6.45) is 0. The monoisotopic (exact) mass is 453 g/mol. The van der Waals surface area contributed by atoms with Crippen molar-refractivity contribution < 1.29 is 32.1 Å². The highest BCUT2D eigenvalue weighted by atomic mass is 32.2. The molecule has 0 saturated carbocycles. The predicted octanol–water partition coefficient (Wildman–Crippen LogP) is 3.16. The Balaban J connectivity index is 1.92. The van der Waals surface area contributed by atoms with E-state index in [9.17, 15) is 27.9 Å². The Kier molecular flexibility index (Phi) is 6.70. The minimum atomic E-state index is -4.63. The van der Waals surface area contributed by atoms with E-state index in [1.807, 2.05) is 0 Å². The van der Waals surface area contributed by atoms with Gasteiger partial charge >= 0.3 is 16.3 Å². The van der Waals surface area contributed by atoms with Gasteiger partial charge in [-0.3, -0.25) is 14.4 Å². The number of aliphatic carboxylic acids is 1. The molecule has 0 radical (unpaired) electrons. The van der Waals surface area contributed by atoms with Crippen molar-refractivity contribution >= 4 is 28.0 Å². The van der Waals surface area contributed by atoms with Crippen molar-refractivity contribution in [1.82, 2.24) is 4.72 Å². The number of rotatable bonds is 8. The SMILES string of the molecule is CC(C(=O)O)c1cc(C(=O)c2ccccc2)ccc1OS(=O)(=O)NC(=O)c1ccccc1. The zero-order valence-electron chi connectivity index (χ0n) is 16.9. The van der Waals surface area contributed by atoms with Crippen molar-refractivity contribution in [3.8, 4) is 5.75 Å². The third kappa shape index (κ3) is 5.38. The van der Waals surface area contributed by atoms with Gasteiger partial charge in [0.05, 0.1) is 5.92 Å². The number of carbonyl (C=O) groups excluding carboxylic acids is 2.